The van der Waals surface area contributed by atoms with Gasteiger partial charge in [-0.1, -0.05) is 31.1 Å². The summed E-state index contributed by atoms with van der Waals surface area (Å²) in [5.74, 6) is 3.27. The molecule has 1 saturated carbocycles. The van der Waals surface area contributed by atoms with Gasteiger partial charge in [0.2, 0.25) is 13.4 Å². The zero-order chi connectivity index (χ0) is 21.3. The number of rotatable bonds is 6. The van der Waals surface area contributed by atoms with Gasteiger partial charge in [0, 0.05) is 37.4 Å². The lowest BCUT2D eigenvalue weighted by Crippen LogP contribution is -2.37. The van der Waals surface area contributed by atoms with Crippen LogP contribution in [-0.2, 0) is 15.9 Å². The van der Waals surface area contributed by atoms with Crippen LogP contribution in [0, 0.1) is 5.92 Å². The van der Waals surface area contributed by atoms with E-state index in [0.29, 0.717) is 31.0 Å². The summed E-state index contributed by atoms with van der Waals surface area (Å²) in [7, 11) is 3.06. The average molecular weight is 432 g/mol. The molecule has 0 N–H and O–H groups in total. The number of likely N-dealkylation sites (N-methyl/N-ethyl adjacent to an activating group) is 2. The van der Waals surface area contributed by atoms with Crippen LogP contribution in [0.2, 0.25) is 0 Å². The molecule has 3 atom stereocenters. The third-order valence-corrected chi connectivity index (χ3v) is 10.2. The van der Waals surface area contributed by atoms with Gasteiger partial charge in [0.05, 0.1) is 7.11 Å². The van der Waals surface area contributed by atoms with E-state index in [9.17, 15) is 9.36 Å². The van der Waals surface area contributed by atoms with Gasteiger partial charge in [0.15, 0.2) is 0 Å². The second-order valence-corrected chi connectivity index (χ2v) is 11.7. The van der Waals surface area contributed by atoms with E-state index in [0.717, 1.165) is 37.1 Å². The van der Waals surface area contributed by atoms with Gasteiger partial charge >= 0.3 is 0 Å². The summed E-state index contributed by atoms with van der Waals surface area (Å²) in [5.41, 5.74) is 1.11. The van der Waals surface area contributed by atoms with E-state index in [4.69, 9.17) is 4.74 Å². The Morgan fingerprint density at radius 3 is 2.33 bits per heavy atom. The number of nitrogens with zero attached hydrogens (tertiary/aromatic N) is 3. The topological polar surface area (TPSA) is 53.1 Å². The second kappa shape index (κ2) is 8.86. The minimum absolute atomic E-state index is 0.206. The molecule has 2 saturated heterocycles. The fourth-order valence-corrected chi connectivity index (χ4v) is 7.98. The fourth-order valence-electron chi connectivity index (χ4n) is 5.33. The lowest BCUT2D eigenvalue weighted by atomic mass is 9.91. The Morgan fingerprint density at radius 2 is 1.73 bits per heavy atom. The highest BCUT2D eigenvalue weighted by Gasteiger charge is 2.50. The SMILES string of the molecule is COc1ccc(CN2C[C@@H](C/C=C/P3(=O)N(C)[C@@H]4CCCC[C@H]4N3C)CC2=O)cc1. The van der Waals surface area contributed by atoms with Crippen molar-refractivity contribution in [3.8, 4) is 5.75 Å². The van der Waals surface area contributed by atoms with Crippen molar-refractivity contribution in [3.05, 3.63) is 41.7 Å². The van der Waals surface area contributed by atoms with Gasteiger partial charge in [-0.15, -0.1) is 0 Å². The number of benzene rings is 1. The Labute approximate surface area is 180 Å². The smallest absolute Gasteiger partial charge is 0.238 e. The van der Waals surface area contributed by atoms with Gasteiger partial charge < -0.3 is 9.64 Å². The van der Waals surface area contributed by atoms with Gasteiger partial charge in [-0.2, -0.15) is 0 Å². The maximum absolute atomic E-state index is 13.7. The van der Waals surface area contributed by atoms with Crippen LogP contribution in [0.25, 0.3) is 0 Å². The molecule has 0 radical (unpaired) electrons. The molecule has 2 heterocycles. The molecule has 3 fully saturated rings. The molecule has 6 nitrogen and oxygen atoms in total. The van der Waals surface area contributed by atoms with Crippen LogP contribution in [0.1, 0.15) is 44.1 Å². The molecule has 1 aliphatic carbocycles. The first-order chi connectivity index (χ1) is 14.4. The Hall–Kier alpha value is -1.62. The van der Waals surface area contributed by atoms with Crippen LogP contribution >= 0.6 is 7.44 Å². The van der Waals surface area contributed by atoms with Gasteiger partial charge in [-0.25, -0.2) is 9.34 Å². The summed E-state index contributed by atoms with van der Waals surface area (Å²) in [5, 5.41) is 0. The van der Waals surface area contributed by atoms with Crippen molar-refractivity contribution in [2.24, 2.45) is 5.92 Å². The number of hydrogen-bond donors (Lipinski definition) is 0. The molecule has 0 aromatic heterocycles. The van der Waals surface area contributed by atoms with Gasteiger partial charge in [0.25, 0.3) is 0 Å². The zero-order valence-electron chi connectivity index (χ0n) is 18.4. The fraction of sp³-hybridized carbons (Fsp3) is 0.609. The van der Waals surface area contributed by atoms with Crippen LogP contribution in [0.3, 0.4) is 0 Å². The predicted molar refractivity (Wildman–Crippen MR) is 119 cm³/mol. The van der Waals surface area contributed by atoms with Crippen LogP contribution in [0.4, 0.5) is 0 Å². The standard InChI is InChI=1S/C23H34N3O3P/c1-24-21-8-4-5-9-22(21)25(2)30(24,28)14-6-7-19-15-23(27)26(17-19)16-18-10-12-20(29-3)13-11-18/h6,10-14,19,21-22H,4-5,7-9,15-17H2,1-3H3/b14-6+/t19-,21+,22+/m0/s1. The first kappa shape index (κ1) is 21.6. The maximum atomic E-state index is 13.7. The summed E-state index contributed by atoms with van der Waals surface area (Å²) in [4.78, 5) is 14.4. The minimum atomic E-state index is -2.63. The molecule has 0 unspecified atom stereocenters. The number of fused-ring (bicyclic) bond motifs is 1. The van der Waals surface area contributed by atoms with E-state index in [1.54, 1.807) is 7.11 Å². The molecule has 30 heavy (non-hydrogen) atoms. The number of ether oxygens (including phenoxy) is 1. The zero-order valence-corrected chi connectivity index (χ0v) is 19.3. The highest BCUT2D eigenvalue weighted by molar-refractivity contribution is 7.62. The van der Waals surface area contributed by atoms with E-state index in [1.165, 1.54) is 12.8 Å². The van der Waals surface area contributed by atoms with E-state index in [1.807, 2.05) is 49.1 Å². The van der Waals surface area contributed by atoms with Crippen molar-refractivity contribution in [1.29, 1.82) is 0 Å². The van der Waals surface area contributed by atoms with Crippen LogP contribution in [0.15, 0.2) is 36.2 Å². The molecule has 164 valence electrons. The lowest BCUT2D eigenvalue weighted by Gasteiger charge is -2.28. The summed E-state index contributed by atoms with van der Waals surface area (Å²) < 4.78 is 23.2. The molecule has 1 aromatic carbocycles. The minimum Gasteiger partial charge on any atom is -0.497 e. The van der Waals surface area contributed by atoms with E-state index >= 15 is 0 Å². The number of amides is 1. The highest BCUT2D eigenvalue weighted by atomic mass is 31.2. The number of carbonyl (C=O) groups excluding carboxylic acids is 1. The van der Waals surface area contributed by atoms with Crippen molar-refractivity contribution in [2.75, 3.05) is 27.7 Å². The highest BCUT2D eigenvalue weighted by Crippen LogP contribution is 2.62. The Balaban J connectivity index is 1.34. The predicted octanol–water partition coefficient (Wildman–Crippen LogP) is 4.33. The van der Waals surface area contributed by atoms with E-state index in [2.05, 4.69) is 15.4 Å². The van der Waals surface area contributed by atoms with Crippen molar-refractivity contribution < 1.29 is 14.1 Å². The van der Waals surface area contributed by atoms with Crippen molar-refractivity contribution in [1.82, 2.24) is 14.2 Å². The van der Waals surface area contributed by atoms with Gasteiger partial charge in [-0.3, -0.25) is 9.36 Å². The summed E-state index contributed by atoms with van der Waals surface area (Å²) >= 11 is 0. The quantitative estimate of drug-likeness (QED) is 0.628. The van der Waals surface area contributed by atoms with Crippen LogP contribution in [-0.4, -0.2) is 60.0 Å². The molecule has 4 rings (SSSR count). The van der Waals surface area contributed by atoms with Crippen molar-refractivity contribution in [3.63, 3.8) is 0 Å². The third kappa shape index (κ3) is 4.10. The van der Waals surface area contributed by atoms with Crippen LogP contribution in [0.5, 0.6) is 5.75 Å². The molecule has 0 bridgehead atoms. The lowest BCUT2D eigenvalue weighted by molar-refractivity contribution is -0.128. The monoisotopic (exact) mass is 431 g/mol. The second-order valence-electron chi connectivity index (χ2n) is 8.97. The summed E-state index contributed by atoms with van der Waals surface area (Å²) in [6, 6.07) is 8.70. The Morgan fingerprint density at radius 1 is 1.10 bits per heavy atom. The molecule has 1 aromatic rings. The molecular weight excluding hydrogens is 397 g/mol. The first-order valence-electron chi connectivity index (χ1n) is 11.1. The molecule has 7 heteroatoms. The van der Waals surface area contributed by atoms with Crippen molar-refractivity contribution >= 4 is 13.4 Å². The molecule has 1 amide bonds. The number of likely N-dealkylation sites (tertiary alicyclic amines) is 1. The van der Waals surface area contributed by atoms with E-state index < -0.39 is 7.44 Å². The molecular formula is C23H34N3O3P. The number of carbonyl (C=O) groups is 1. The molecule has 0 spiro atoms. The normalized spacial score (nSPS) is 29.6. The molecule has 3 aliphatic rings. The maximum Gasteiger partial charge on any atom is 0.238 e. The Bertz CT molecular complexity index is 819. The molecule has 2 aliphatic heterocycles. The van der Waals surface area contributed by atoms with Crippen LogP contribution < -0.4 is 4.74 Å². The van der Waals surface area contributed by atoms with Crippen molar-refractivity contribution in [2.45, 2.75) is 57.2 Å². The number of methoxy groups -OCH3 is 1. The first-order valence-corrected chi connectivity index (χ1v) is 12.8. The number of hydrogen-bond acceptors (Lipinski definition) is 3. The van der Waals surface area contributed by atoms with E-state index in [-0.39, 0.29) is 5.91 Å². The summed E-state index contributed by atoms with van der Waals surface area (Å²) in [6.45, 7) is 1.40. The van der Waals surface area contributed by atoms with Gasteiger partial charge in [-0.05, 0) is 57.0 Å². The largest absolute Gasteiger partial charge is 0.497 e. The van der Waals surface area contributed by atoms with Gasteiger partial charge in [0.1, 0.15) is 5.75 Å². The number of allylic oxidation sites excluding steroid dienone is 1. The Kier molecular flexibility index (Phi) is 6.38. The third-order valence-electron chi connectivity index (χ3n) is 7.15. The summed E-state index contributed by atoms with van der Waals surface area (Å²) in [6.07, 6.45) is 8.18. The average Bonchev–Trinajstić information content (AvgIpc) is 3.19.